The van der Waals surface area contributed by atoms with Gasteiger partial charge in [0.15, 0.2) is 11.5 Å². The van der Waals surface area contributed by atoms with E-state index in [1.807, 2.05) is 30.3 Å². The van der Waals surface area contributed by atoms with Crippen molar-refractivity contribution in [2.75, 3.05) is 17.4 Å². The van der Waals surface area contributed by atoms with Gasteiger partial charge in [-0.1, -0.05) is 6.07 Å². The predicted molar refractivity (Wildman–Crippen MR) is 86.9 cm³/mol. The lowest BCUT2D eigenvalue weighted by atomic mass is 10.2. The zero-order valence-corrected chi connectivity index (χ0v) is 12.1. The van der Waals surface area contributed by atoms with Crippen LogP contribution in [0.2, 0.25) is 0 Å². The summed E-state index contributed by atoms with van der Waals surface area (Å²) in [7, 11) is 0. The predicted octanol–water partition coefficient (Wildman–Crippen LogP) is 3.61. The van der Waals surface area contributed by atoms with Gasteiger partial charge in [-0.2, -0.15) is 0 Å². The molecule has 0 unspecified atom stereocenters. The minimum atomic E-state index is -0.327. The Morgan fingerprint density at radius 3 is 2.65 bits per heavy atom. The molecular formula is C17H13N3O3. The van der Waals surface area contributed by atoms with Crippen LogP contribution in [-0.4, -0.2) is 17.8 Å². The van der Waals surface area contributed by atoms with Gasteiger partial charge in [0.05, 0.1) is 5.52 Å². The van der Waals surface area contributed by atoms with Crippen molar-refractivity contribution in [3.8, 4) is 11.5 Å². The van der Waals surface area contributed by atoms with Crippen LogP contribution in [0.3, 0.4) is 0 Å². The first-order valence-electron chi connectivity index (χ1n) is 7.10. The third-order valence-corrected chi connectivity index (χ3v) is 3.49. The molecule has 2 N–H and O–H groups in total. The van der Waals surface area contributed by atoms with E-state index in [0.717, 1.165) is 10.9 Å². The molecule has 0 radical (unpaired) electrons. The third-order valence-electron chi connectivity index (χ3n) is 3.49. The number of aromatic nitrogens is 1. The van der Waals surface area contributed by atoms with Crippen LogP contribution in [0.15, 0.2) is 54.7 Å². The standard InChI is InChI=1S/C17H13N3O3/c21-17(20-13-4-6-15-16(9-13)23-10-22-15)19-12-3-5-14-11(8-12)2-1-7-18-14/h1-9H,10H2,(H2,19,20,21). The van der Waals surface area contributed by atoms with Crippen LogP contribution in [0.5, 0.6) is 11.5 Å². The smallest absolute Gasteiger partial charge is 0.323 e. The third kappa shape index (κ3) is 2.74. The number of hydrogen-bond donors (Lipinski definition) is 2. The Morgan fingerprint density at radius 1 is 0.957 bits per heavy atom. The van der Waals surface area contributed by atoms with Crippen LogP contribution in [0.1, 0.15) is 0 Å². The highest BCUT2D eigenvalue weighted by atomic mass is 16.7. The summed E-state index contributed by atoms with van der Waals surface area (Å²) in [5.74, 6) is 1.30. The lowest BCUT2D eigenvalue weighted by Crippen LogP contribution is -2.19. The number of nitrogens with zero attached hydrogens (tertiary/aromatic N) is 1. The molecule has 2 amide bonds. The van der Waals surface area contributed by atoms with Crippen LogP contribution < -0.4 is 20.1 Å². The SMILES string of the molecule is O=C(Nc1ccc2c(c1)OCO2)Nc1ccc2ncccc2c1. The molecular weight excluding hydrogens is 294 g/mol. The molecule has 114 valence electrons. The van der Waals surface area contributed by atoms with E-state index in [1.54, 1.807) is 24.4 Å². The maximum absolute atomic E-state index is 12.1. The summed E-state index contributed by atoms with van der Waals surface area (Å²) in [5.41, 5.74) is 2.21. The van der Waals surface area contributed by atoms with Gasteiger partial charge in [0.2, 0.25) is 6.79 Å². The first-order chi connectivity index (χ1) is 11.3. The summed E-state index contributed by atoms with van der Waals surface area (Å²) in [6.45, 7) is 0.204. The van der Waals surface area contributed by atoms with Crippen molar-refractivity contribution in [2.24, 2.45) is 0 Å². The van der Waals surface area contributed by atoms with Gasteiger partial charge in [-0.3, -0.25) is 4.98 Å². The van der Waals surface area contributed by atoms with Crippen molar-refractivity contribution in [2.45, 2.75) is 0 Å². The van der Waals surface area contributed by atoms with Gasteiger partial charge < -0.3 is 20.1 Å². The Bertz CT molecular complexity index is 895. The van der Waals surface area contributed by atoms with E-state index in [-0.39, 0.29) is 12.8 Å². The van der Waals surface area contributed by atoms with Crippen molar-refractivity contribution in [1.29, 1.82) is 0 Å². The fourth-order valence-corrected chi connectivity index (χ4v) is 2.42. The van der Waals surface area contributed by atoms with Crippen LogP contribution in [0.25, 0.3) is 10.9 Å². The molecule has 6 heteroatoms. The van der Waals surface area contributed by atoms with E-state index >= 15 is 0 Å². The number of anilines is 2. The molecule has 2 heterocycles. The maximum atomic E-state index is 12.1. The topological polar surface area (TPSA) is 72.5 Å². The van der Waals surface area contributed by atoms with E-state index in [9.17, 15) is 4.79 Å². The molecule has 1 aliphatic heterocycles. The highest BCUT2D eigenvalue weighted by molar-refractivity contribution is 6.01. The van der Waals surface area contributed by atoms with Crippen molar-refractivity contribution in [3.63, 3.8) is 0 Å². The number of urea groups is 1. The zero-order valence-electron chi connectivity index (χ0n) is 12.1. The fraction of sp³-hybridized carbons (Fsp3) is 0.0588. The van der Waals surface area contributed by atoms with Gasteiger partial charge in [0.1, 0.15) is 0 Å². The molecule has 0 saturated heterocycles. The first-order valence-corrected chi connectivity index (χ1v) is 7.10. The second-order valence-corrected chi connectivity index (χ2v) is 5.06. The second-order valence-electron chi connectivity index (χ2n) is 5.06. The van der Waals surface area contributed by atoms with E-state index < -0.39 is 0 Å². The summed E-state index contributed by atoms with van der Waals surface area (Å²) >= 11 is 0. The van der Waals surface area contributed by atoms with Crippen LogP contribution in [0.4, 0.5) is 16.2 Å². The Hall–Kier alpha value is -3.28. The highest BCUT2D eigenvalue weighted by Gasteiger charge is 2.14. The van der Waals surface area contributed by atoms with Crippen LogP contribution in [-0.2, 0) is 0 Å². The Kier molecular flexibility index (Phi) is 3.20. The number of fused-ring (bicyclic) bond motifs is 2. The largest absolute Gasteiger partial charge is 0.454 e. The fourth-order valence-electron chi connectivity index (χ4n) is 2.42. The Morgan fingerprint density at radius 2 is 1.74 bits per heavy atom. The lowest BCUT2D eigenvalue weighted by molar-refractivity contribution is 0.174. The van der Waals surface area contributed by atoms with Gasteiger partial charge in [0, 0.05) is 29.0 Å². The zero-order chi connectivity index (χ0) is 15.6. The van der Waals surface area contributed by atoms with E-state index in [0.29, 0.717) is 22.9 Å². The molecule has 0 atom stereocenters. The Labute approximate surface area is 132 Å². The monoisotopic (exact) mass is 307 g/mol. The normalized spacial score (nSPS) is 12.2. The molecule has 1 aliphatic rings. The van der Waals surface area contributed by atoms with Gasteiger partial charge in [0.25, 0.3) is 0 Å². The molecule has 6 nitrogen and oxygen atoms in total. The number of carbonyl (C=O) groups is 1. The minimum Gasteiger partial charge on any atom is -0.454 e. The number of ether oxygens (including phenoxy) is 2. The van der Waals surface area contributed by atoms with Gasteiger partial charge in [-0.15, -0.1) is 0 Å². The van der Waals surface area contributed by atoms with Crippen molar-refractivity contribution >= 4 is 28.3 Å². The van der Waals surface area contributed by atoms with E-state index in [2.05, 4.69) is 15.6 Å². The molecule has 0 spiro atoms. The van der Waals surface area contributed by atoms with E-state index in [4.69, 9.17) is 9.47 Å². The summed E-state index contributed by atoms with van der Waals surface area (Å²) in [6, 6.07) is 14.3. The number of amides is 2. The molecule has 4 rings (SSSR count). The van der Waals surface area contributed by atoms with E-state index in [1.165, 1.54) is 0 Å². The summed E-state index contributed by atoms with van der Waals surface area (Å²) in [5, 5.41) is 6.53. The average Bonchev–Trinajstić information content (AvgIpc) is 3.02. The molecule has 2 aromatic carbocycles. The number of benzene rings is 2. The minimum absolute atomic E-state index is 0.204. The van der Waals surface area contributed by atoms with Crippen LogP contribution >= 0.6 is 0 Å². The molecule has 0 saturated carbocycles. The number of nitrogens with one attached hydrogen (secondary N) is 2. The number of pyridine rings is 1. The van der Waals surface area contributed by atoms with Gasteiger partial charge in [-0.25, -0.2) is 4.79 Å². The first kappa shape index (κ1) is 13.4. The van der Waals surface area contributed by atoms with Crippen molar-refractivity contribution in [1.82, 2.24) is 4.98 Å². The average molecular weight is 307 g/mol. The Balaban J connectivity index is 1.48. The van der Waals surface area contributed by atoms with Crippen molar-refractivity contribution < 1.29 is 14.3 Å². The molecule has 23 heavy (non-hydrogen) atoms. The van der Waals surface area contributed by atoms with Gasteiger partial charge >= 0.3 is 6.03 Å². The molecule has 0 fully saturated rings. The molecule has 0 aliphatic carbocycles. The lowest BCUT2D eigenvalue weighted by Gasteiger charge is -2.09. The van der Waals surface area contributed by atoms with Gasteiger partial charge in [-0.05, 0) is 36.4 Å². The summed E-state index contributed by atoms with van der Waals surface area (Å²) < 4.78 is 10.5. The number of rotatable bonds is 2. The summed E-state index contributed by atoms with van der Waals surface area (Å²) in [6.07, 6.45) is 1.74. The molecule has 1 aromatic heterocycles. The second kappa shape index (κ2) is 5.49. The molecule has 3 aromatic rings. The van der Waals surface area contributed by atoms with Crippen LogP contribution in [0, 0.1) is 0 Å². The van der Waals surface area contributed by atoms with Crippen molar-refractivity contribution in [3.05, 3.63) is 54.7 Å². The quantitative estimate of drug-likeness (QED) is 0.758. The number of carbonyl (C=O) groups excluding carboxylic acids is 1. The summed E-state index contributed by atoms with van der Waals surface area (Å²) in [4.78, 5) is 16.4. The number of hydrogen-bond acceptors (Lipinski definition) is 4. The molecule has 0 bridgehead atoms. The highest BCUT2D eigenvalue weighted by Crippen LogP contribution is 2.34. The maximum Gasteiger partial charge on any atom is 0.323 e.